The number of benzene rings is 3. The van der Waals surface area contributed by atoms with Crippen LogP contribution >= 0.6 is 0 Å². The molecule has 0 N–H and O–H groups in total. The Morgan fingerprint density at radius 2 is 1.07 bits per heavy atom. The summed E-state index contributed by atoms with van der Waals surface area (Å²) in [5.41, 5.74) is 9.43. The maximum absolute atomic E-state index is 5.16. The van der Waals surface area contributed by atoms with E-state index in [1.165, 1.54) is 5.56 Å². The minimum absolute atomic E-state index is 0. The summed E-state index contributed by atoms with van der Waals surface area (Å²) in [5, 5.41) is 0. The molecule has 0 amide bonds. The van der Waals surface area contributed by atoms with Crippen LogP contribution in [0.3, 0.4) is 0 Å². The minimum atomic E-state index is -0.681. The molecule has 8 rings (SSSR count). The number of aromatic nitrogens is 4. The van der Waals surface area contributed by atoms with Crippen LogP contribution in [0.25, 0.3) is 33.6 Å². The second-order valence-electron chi connectivity index (χ2n) is 10.1. The van der Waals surface area contributed by atoms with Gasteiger partial charge in [0.1, 0.15) is 5.41 Å². The van der Waals surface area contributed by atoms with Gasteiger partial charge in [0.05, 0.1) is 17.1 Å². The Hall–Kier alpha value is -5.09. The molecular formula is C39H26IrN4-2. The van der Waals surface area contributed by atoms with Gasteiger partial charge in [-0.1, -0.05) is 60.7 Å². The molecule has 5 heteroatoms. The number of hydrogen-bond acceptors (Lipinski definition) is 4. The summed E-state index contributed by atoms with van der Waals surface area (Å²) in [7, 11) is 0. The van der Waals surface area contributed by atoms with E-state index in [0.717, 1.165) is 50.7 Å². The number of rotatable bonds is 4. The van der Waals surface area contributed by atoms with E-state index in [0.29, 0.717) is 0 Å². The average molecular weight is 743 g/mol. The monoisotopic (exact) mass is 743 g/mol. The smallest absolute Gasteiger partial charge is 0.122 e. The predicted molar refractivity (Wildman–Crippen MR) is 170 cm³/mol. The van der Waals surface area contributed by atoms with Gasteiger partial charge in [-0.3, -0.25) is 15.0 Å². The van der Waals surface area contributed by atoms with Gasteiger partial charge in [0.15, 0.2) is 0 Å². The number of nitrogens with zero attached hydrogens (tertiary/aromatic N) is 4. The zero-order valence-electron chi connectivity index (χ0n) is 23.6. The summed E-state index contributed by atoms with van der Waals surface area (Å²) in [6, 6.07) is 52.9. The minimum Gasteiger partial charge on any atom is -0.305 e. The first kappa shape index (κ1) is 29.0. The van der Waals surface area contributed by atoms with Crippen LogP contribution in [0.1, 0.15) is 22.6 Å². The quantitative estimate of drug-likeness (QED) is 0.171. The summed E-state index contributed by atoms with van der Waals surface area (Å²) in [5.74, 6) is 0. The van der Waals surface area contributed by atoms with E-state index in [1.54, 1.807) is 6.20 Å². The predicted octanol–water partition coefficient (Wildman–Crippen LogP) is 8.25. The van der Waals surface area contributed by atoms with Crippen LogP contribution in [0.2, 0.25) is 0 Å². The molecule has 0 saturated heterocycles. The van der Waals surface area contributed by atoms with Crippen LogP contribution in [0.4, 0.5) is 0 Å². The fraction of sp³-hybridized carbons (Fsp3) is 0.0256. The van der Waals surface area contributed by atoms with Gasteiger partial charge in [0, 0.05) is 44.3 Å². The van der Waals surface area contributed by atoms with Gasteiger partial charge >= 0.3 is 0 Å². The van der Waals surface area contributed by atoms with Crippen molar-refractivity contribution in [1.82, 2.24) is 19.9 Å². The summed E-state index contributed by atoms with van der Waals surface area (Å²) in [6.07, 6.45) is 5.49. The molecule has 4 aromatic heterocycles. The van der Waals surface area contributed by atoms with Crippen LogP contribution in [0, 0.1) is 12.1 Å². The molecule has 1 atom stereocenters. The Kier molecular flexibility index (Phi) is 8.60. The van der Waals surface area contributed by atoms with Gasteiger partial charge in [-0.15, -0.1) is 71.8 Å². The van der Waals surface area contributed by atoms with E-state index in [4.69, 9.17) is 15.0 Å². The SMILES string of the molecule is [Ir].[c-]1ccccc1-c1cccc([C@@]2(c3ccccn3)c3ccccc3-c3cccnc32)n1.[c-]1ccccc1-c1ccccn1. The maximum Gasteiger partial charge on any atom is 0.122 e. The second kappa shape index (κ2) is 13.0. The van der Waals surface area contributed by atoms with Gasteiger partial charge in [0.25, 0.3) is 0 Å². The third-order valence-electron chi connectivity index (χ3n) is 7.60. The normalized spacial score (nSPS) is 14.3. The third kappa shape index (κ3) is 5.28. The van der Waals surface area contributed by atoms with Gasteiger partial charge in [-0.2, -0.15) is 0 Å². The molecule has 4 nitrogen and oxygen atoms in total. The van der Waals surface area contributed by atoms with Crippen molar-refractivity contribution in [3.8, 4) is 33.6 Å². The van der Waals surface area contributed by atoms with Crippen molar-refractivity contribution in [2.75, 3.05) is 0 Å². The zero-order valence-corrected chi connectivity index (χ0v) is 26.0. The molecule has 44 heavy (non-hydrogen) atoms. The van der Waals surface area contributed by atoms with Crippen molar-refractivity contribution in [3.05, 3.63) is 193 Å². The Bertz CT molecular complexity index is 1880. The Morgan fingerprint density at radius 1 is 0.455 bits per heavy atom. The fourth-order valence-electron chi connectivity index (χ4n) is 5.75. The van der Waals surface area contributed by atoms with Crippen molar-refractivity contribution in [2.24, 2.45) is 0 Å². The van der Waals surface area contributed by atoms with Crippen molar-refractivity contribution in [1.29, 1.82) is 0 Å². The third-order valence-corrected chi connectivity index (χ3v) is 7.60. The number of pyridine rings is 4. The first-order valence-electron chi connectivity index (χ1n) is 14.2. The maximum atomic E-state index is 5.16. The molecule has 1 radical (unpaired) electrons. The van der Waals surface area contributed by atoms with Gasteiger partial charge in [0.2, 0.25) is 0 Å². The van der Waals surface area contributed by atoms with Crippen LogP contribution in [-0.2, 0) is 25.5 Å². The van der Waals surface area contributed by atoms with Crippen molar-refractivity contribution in [2.45, 2.75) is 5.41 Å². The Labute approximate surface area is 270 Å². The molecule has 0 saturated carbocycles. The molecule has 0 unspecified atom stereocenters. The Balaban J connectivity index is 0.000000222. The standard InChI is InChI=1S/C28H18N3.C11H8N.Ir/c1-2-10-20(11-3-1)24-15-8-17-26(31-24)28(25-16-6-7-18-29-25)23-14-5-4-12-21(23)22-13-9-19-30-27(22)28;1-2-6-10(7-3-1)11-8-4-5-9-12-11;/h1-10,12-19H;1-6,8-9H;/q2*-1;/t28-;;/m0../s1. The van der Waals surface area contributed by atoms with E-state index in [9.17, 15) is 0 Å². The van der Waals surface area contributed by atoms with E-state index >= 15 is 0 Å². The molecule has 0 aliphatic heterocycles. The second-order valence-corrected chi connectivity index (χ2v) is 10.1. The number of fused-ring (bicyclic) bond motifs is 3. The summed E-state index contributed by atoms with van der Waals surface area (Å²) < 4.78 is 0. The van der Waals surface area contributed by atoms with Gasteiger partial charge in [-0.05, 0) is 52.8 Å². The van der Waals surface area contributed by atoms with Crippen LogP contribution in [0.15, 0.2) is 158 Å². The summed E-state index contributed by atoms with van der Waals surface area (Å²) >= 11 is 0. The molecule has 4 heterocycles. The topological polar surface area (TPSA) is 51.6 Å². The molecule has 0 bridgehead atoms. The molecule has 7 aromatic rings. The van der Waals surface area contributed by atoms with Crippen LogP contribution in [0.5, 0.6) is 0 Å². The van der Waals surface area contributed by atoms with E-state index in [2.05, 4.69) is 65.6 Å². The molecular weight excluding hydrogens is 717 g/mol. The molecule has 0 spiro atoms. The first-order valence-corrected chi connectivity index (χ1v) is 14.2. The summed E-state index contributed by atoms with van der Waals surface area (Å²) in [4.78, 5) is 19.1. The van der Waals surface area contributed by atoms with Crippen molar-refractivity contribution >= 4 is 0 Å². The fourth-order valence-corrected chi connectivity index (χ4v) is 5.75. The molecule has 213 valence electrons. The first-order chi connectivity index (χ1) is 21.4. The summed E-state index contributed by atoms with van der Waals surface area (Å²) in [6.45, 7) is 0. The van der Waals surface area contributed by atoms with E-state index in [-0.39, 0.29) is 20.1 Å². The van der Waals surface area contributed by atoms with E-state index < -0.39 is 5.41 Å². The molecule has 1 aliphatic carbocycles. The van der Waals surface area contributed by atoms with E-state index in [1.807, 2.05) is 103 Å². The van der Waals surface area contributed by atoms with Crippen molar-refractivity contribution in [3.63, 3.8) is 0 Å². The van der Waals surface area contributed by atoms with Crippen LogP contribution < -0.4 is 0 Å². The molecule has 0 fully saturated rings. The zero-order chi connectivity index (χ0) is 28.9. The van der Waals surface area contributed by atoms with Gasteiger partial charge < -0.3 is 4.98 Å². The molecule has 1 aliphatic rings. The average Bonchev–Trinajstić information content (AvgIpc) is 3.41. The van der Waals surface area contributed by atoms with Crippen LogP contribution in [-0.4, -0.2) is 19.9 Å². The van der Waals surface area contributed by atoms with Gasteiger partial charge in [-0.25, -0.2) is 0 Å². The van der Waals surface area contributed by atoms with Crippen molar-refractivity contribution < 1.29 is 20.1 Å². The largest absolute Gasteiger partial charge is 0.305 e. The number of hydrogen-bond donors (Lipinski definition) is 0. The Morgan fingerprint density at radius 3 is 1.77 bits per heavy atom. The molecule has 3 aromatic carbocycles.